The SMILES string of the molecule is CCCCCCCCCCCCCCCCCCCCCCC(O)C(CO)NC(=O)CCCCCCCCCCCCC/C=C\C/C=C\CCCCCCCCCCCOC(=O)CCCCCCCCCCCCCCCCC. The molecule has 0 saturated heterocycles. The highest BCUT2D eigenvalue weighted by atomic mass is 16.5. The summed E-state index contributed by atoms with van der Waals surface area (Å²) in [6.45, 7) is 4.99. The van der Waals surface area contributed by atoms with E-state index >= 15 is 0 Å². The van der Waals surface area contributed by atoms with Crippen LogP contribution in [0, 0.1) is 0 Å². The van der Waals surface area contributed by atoms with Crippen LogP contribution in [0.3, 0.4) is 0 Å². The van der Waals surface area contributed by atoms with Crippen molar-refractivity contribution >= 4 is 11.9 Å². The monoisotopic (exact) mass is 1110 g/mol. The number of esters is 1. The molecule has 0 fully saturated rings. The van der Waals surface area contributed by atoms with Crippen molar-refractivity contribution in [3.8, 4) is 0 Å². The van der Waals surface area contributed by atoms with Crippen LogP contribution in [-0.4, -0.2) is 47.4 Å². The fraction of sp³-hybridized carbons (Fsp3) is 0.918. The van der Waals surface area contributed by atoms with Crippen molar-refractivity contribution in [3.63, 3.8) is 0 Å². The molecule has 79 heavy (non-hydrogen) atoms. The maximum atomic E-state index is 12.5. The minimum absolute atomic E-state index is 0.0144. The zero-order valence-electron chi connectivity index (χ0n) is 53.6. The molecule has 6 heteroatoms. The highest BCUT2D eigenvalue weighted by Crippen LogP contribution is 2.19. The number of carbonyl (C=O) groups is 2. The maximum absolute atomic E-state index is 12.5. The summed E-state index contributed by atoms with van der Waals surface area (Å²) >= 11 is 0. The summed E-state index contributed by atoms with van der Waals surface area (Å²) in [4.78, 5) is 24.6. The molecule has 0 aromatic heterocycles. The Kier molecular flexibility index (Phi) is 67.4. The van der Waals surface area contributed by atoms with Crippen LogP contribution in [0.5, 0.6) is 0 Å². The third-order valence-electron chi connectivity index (χ3n) is 17.0. The first kappa shape index (κ1) is 77.3. The van der Waals surface area contributed by atoms with Crippen LogP contribution < -0.4 is 5.32 Å². The average Bonchev–Trinajstić information content (AvgIpc) is 3.45. The Morgan fingerprint density at radius 2 is 0.633 bits per heavy atom. The molecular formula is C73H141NO5. The van der Waals surface area contributed by atoms with Crippen LogP contribution in [-0.2, 0) is 14.3 Å². The van der Waals surface area contributed by atoms with Gasteiger partial charge in [-0.15, -0.1) is 0 Å². The van der Waals surface area contributed by atoms with Crippen LogP contribution in [0.25, 0.3) is 0 Å². The second kappa shape index (κ2) is 68.8. The summed E-state index contributed by atoms with van der Waals surface area (Å²) in [5, 5.41) is 23.4. The van der Waals surface area contributed by atoms with Crippen LogP contribution >= 0.6 is 0 Å². The molecule has 6 nitrogen and oxygen atoms in total. The van der Waals surface area contributed by atoms with Crippen molar-refractivity contribution in [1.29, 1.82) is 0 Å². The Balaban J connectivity index is 3.41. The van der Waals surface area contributed by atoms with Crippen LogP contribution in [0.15, 0.2) is 24.3 Å². The van der Waals surface area contributed by atoms with Gasteiger partial charge in [0.05, 0.1) is 25.4 Å². The number of amides is 1. The van der Waals surface area contributed by atoms with E-state index in [2.05, 4.69) is 43.5 Å². The molecule has 0 aromatic rings. The fourth-order valence-corrected chi connectivity index (χ4v) is 11.5. The number of carbonyl (C=O) groups excluding carboxylic acids is 2. The summed E-state index contributed by atoms with van der Waals surface area (Å²) in [5.41, 5.74) is 0. The number of unbranched alkanes of at least 4 members (excludes halogenated alkanes) is 53. The number of hydrogen-bond donors (Lipinski definition) is 3. The molecule has 0 spiro atoms. The van der Waals surface area contributed by atoms with Gasteiger partial charge >= 0.3 is 5.97 Å². The van der Waals surface area contributed by atoms with Crippen LogP contribution in [0.1, 0.15) is 406 Å². The van der Waals surface area contributed by atoms with Crippen LogP contribution in [0.4, 0.5) is 0 Å². The summed E-state index contributed by atoms with van der Waals surface area (Å²) in [7, 11) is 0. The number of rotatable bonds is 68. The van der Waals surface area contributed by atoms with Gasteiger partial charge in [0.15, 0.2) is 0 Å². The van der Waals surface area contributed by atoms with Gasteiger partial charge in [-0.05, 0) is 57.8 Å². The van der Waals surface area contributed by atoms with Gasteiger partial charge in [0.1, 0.15) is 0 Å². The highest BCUT2D eigenvalue weighted by Gasteiger charge is 2.20. The second-order valence-electron chi connectivity index (χ2n) is 24.9. The van der Waals surface area contributed by atoms with Crippen molar-refractivity contribution in [1.82, 2.24) is 5.32 Å². The van der Waals surface area contributed by atoms with E-state index in [1.165, 1.54) is 327 Å². The number of aliphatic hydroxyl groups excluding tert-OH is 2. The fourth-order valence-electron chi connectivity index (χ4n) is 11.5. The number of hydrogen-bond acceptors (Lipinski definition) is 5. The Hall–Kier alpha value is -1.66. The minimum atomic E-state index is -0.667. The number of nitrogens with one attached hydrogen (secondary N) is 1. The molecule has 0 aliphatic heterocycles. The molecule has 0 rings (SSSR count). The van der Waals surface area contributed by atoms with E-state index in [-0.39, 0.29) is 18.5 Å². The van der Waals surface area contributed by atoms with Gasteiger partial charge in [-0.2, -0.15) is 0 Å². The van der Waals surface area contributed by atoms with E-state index in [0.29, 0.717) is 25.9 Å². The predicted molar refractivity (Wildman–Crippen MR) is 347 cm³/mol. The van der Waals surface area contributed by atoms with E-state index in [4.69, 9.17) is 4.74 Å². The van der Waals surface area contributed by atoms with Gasteiger partial charge in [-0.1, -0.05) is 359 Å². The molecule has 0 radical (unpaired) electrons. The summed E-state index contributed by atoms with van der Waals surface area (Å²) in [6, 6.07) is -0.545. The molecule has 0 saturated carbocycles. The lowest BCUT2D eigenvalue weighted by atomic mass is 10.0. The van der Waals surface area contributed by atoms with Gasteiger partial charge < -0.3 is 20.3 Å². The molecule has 3 N–H and O–H groups in total. The van der Waals surface area contributed by atoms with E-state index in [0.717, 1.165) is 44.9 Å². The van der Waals surface area contributed by atoms with Crippen molar-refractivity contribution in [2.24, 2.45) is 0 Å². The lowest BCUT2D eigenvalue weighted by Crippen LogP contribution is -2.45. The lowest BCUT2D eigenvalue weighted by molar-refractivity contribution is -0.143. The molecule has 1 amide bonds. The molecule has 468 valence electrons. The Morgan fingerprint density at radius 1 is 0.354 bits per heavy atom. The predicted octanol–water partition coefficient (Wildman–Crippen LogP) is 23.3. The average molecular weight is 1110 g/mol. The van der Waals surface area contributed by atoms with Gasteiger partial charge in [-0.25, -0.2) is 0 Å². The normalized spacial score (nSPS) is 12.6. The zero-order chi connectivity index (χ0) is 57.1. The third-order valence-corrected chi connectivity index (χ3v) is 17.0. The van der Waals surface area contributed by atoms with Gasteiger partial charge in [0.25, 0.3) is 0 Å². The highest BCUT2D eigenvalue weighted by molar-refractivity contribution is 5.76. The largest absolute Gasteiger partial charge is 0.466 e. The standard InChI is InChI=1S/C73H141NO5/c1-3-5-7-9-11-13-15-17-19-20-21-31-34-38-41-45-49-53-57-61-65-71(76)70(69-75)74-72(77)66-62-58-54-50-46-42-39-35-32-29-27-25-23-22-24-26-28-30-33-36-40-44-48-52-56-60-64-68-79-73(78)67-63-59-55-51-47-43-37-18-16-14-12-10-8-6-4-2/h22-23,26,28,70-71,75-76H,3-21,24-25,27,29-69H2,1-2H3,(H,74,77)/b23-22-,28-26-. The molecule has 0 aromatic carbocycles. The van der Waals surface area contributed by atoms with E-state index in [1.54, 1.807) is 0 Å². The quantitative estimate of drug-likeness (QED) is 0.0320. The summed E-state index contributed by atoms with van der Waals surface area (Å²) < 4.78 is 5.49. The molecular weight excluding hydrogens is 971 g/mol. The molecule has 0 heterocycles. The molecule has 0 aliphatic rings. The summed E-state index contributed by atoms with van der Waals surface area (Å²) in [6.07, 6.45) is 86.6. The topological polar surface area (TPSA) is 95.9 Å². The van der Waals surface area contributed by atoms with E-state index in [1.807, 2.05) is 0 Å². The first-order valence-corrected chi connectivity index (χ1v) is 36.1. The molecule has 2 unspecified atom stereocenters. The van der Waals surface area contributed by atoms with Gasteiger partial charge in [0.2, 0.25) is 5.91 Å². The van der Waals surface area contributed by atoms with Crippen molar-refractivity contribution in [2.45, 2.75) is 418 Å². The van der Waals surface area contributed by atoms with Crippen LogP contribution in [0.2, 0.25) is 0 Å². The Labute approximate surface area is 494 Å². The molecule has 0 aliphatic carbocycles. The number of aliphatic hydroxyl groups is 2. The van der Waals surface area contributed by atoms with E-state index < -0.39 is 12.1 Å². The maximum Gasteiger partial charge on any atom is 0.305 e. The smallest absolute Gasteiger partial charge is 0.305 e. The van der Waals surface area contributed by atoms with E-state index in [9.17, 15) is 19.8 Å². The van der Waals surface area contributed by atoms with Gasteiger partial charge in [0, 0.05) is 12.8 Å². The van der Waals surface area contributed by atoms with Crippen molar-refractivity contribution in [2.75, 3.05) is 13.2 Å². The first-order chi connectivity index (χ1) is 39.0. The molecule has 0 bridgehead atoms. The minimum Gasteiger partial charge on any atom is -0.466 e. The summed E-state index contributed by atoms with van der Waals surface area (Å²) in [5.74, 6) is -0.0194. The van der Waals surface area contributed by atoms with Gasteiger partial charge in [-0.3, -0.25) is 9.59 Å². The Morgan fingerprint density at radius 3 is 0.962 bits per heavy atom. The zero-order valence-corrected chi connectivity index (χ0v) is 53.6. The number of ether oxygens (including phenoxy) is 1. The Bertz CT molecular complexity index is 1230. The third kappa shape index (κ3) is 65.4. The first-order valence-electron chi connectivity index (χ1n) is 36.1. The lowest BCUT2D eigenvalue weighted by Gasteiger charge is -2.22. The molecule has 2 atom stereocenters. The van der Waals surface area contributed by atoms with Crippen molar-refractivity contribution < 1.29 is 24.5 Å². The number of allylic oxidation sites excluding steroid dienone is 4. The van der Waals surface area contributed by atoms with Crippen molar-refractivity contribution in [3.05, 3.63) is 24.3 Å². The second-order valence-corrected chi connectivity index (χ2v) is 24.9.